The second-order valence-corrected chi connectivity index (χ2v) is 5.73. The Morgan fingerprint density at radius 3 is 2.58 bits per heavy atom. The number of aliphatic carboxylic acids is 1. The summed E-state index contributed by atoms with van der Waals surface area (Å²) < 4.78 is 54.3. The maximum atomic E-state index is 14.3. The fourth-order valence-electron chi connectivity index (χ4n) is 2.81. The number of hydrogen-bond acceptors (Lipinski definition) is 4. The van der Waals surface area contributed by atoms with Crippen molar-refractivity contribution in [2.45, 2.75) is 32.2 Å². The quantitative estimate of drug-likeness (QED) is 0.813. The van der Waals surface area contributed by atoms with E-state index in [1.807, 2.05) is 0 Å². The van der Waals surface area contributed by atoms with Crippen LogP contribution in [0.4, 0.5) is 17.6 Å². The van der Waals surface area contributed by atoms with Crippen LogP contribution in [0.5, 0.6) is 0 Å². The monoisotopic (exact) mass is 372 g/mol. The van der Waals surface area contributed by atoms with Gasteiger partial charge in [0.05, 0.1) is 24.2 Å². The van der Waals surface area contributed by atoms with E-state index < -0.39 is 41.0 Å². The molecule has 1 unspecified atom stereocenters. The van der Waals surface area contributed by atoms with Gasteiger partial charge in [-0.1, -0.05) is 6.07 Å². The van der Waals surface area contributed by atoms with Gasteiger partial charge in [0.1, 0.15) is 17.7 Å². The van der Waals surface area contributed by atoms with Crippen molar-refractivity contribution in [3.05, 3.63) is 46.8 Å². The Morgan fingerprint density at radius 1 is 1.27 bits per heavy atom. The molecule has 7 nitrogen and oxygen atoms in total. The maximum Gasteiger partial charge on any atom is 0.419 e. The number of carboxylic acids is 1. The molecule has 1 aromatic heterocycles. The third-order valence-corrected chi connectivity index (χ3v) is 4.14. The Kier molecular flexibility index (Phi) is 4.17. The van der Waals surface area contributed by atoms with Gasteiger partial charge >= 0.3 is 12.1 Å². The van der Waals surface area contributed by atoms with Crippen LogP contribution >= 0.6 is 0 Å². The van der Waals surface area contributed by atoms with Gasteiger partial charge in [-0.15, -0.1) is 10.2 Å². The number of carbonyl (C=O) groups excluding carboxylic acids is 1. The van der Waals surface area contributed by atoms with Crippen LogP contribution in [0, 0.1) is 12.7 Å². The number of hydrogen-bond donors (Lipinski definition) is 1. The molecule has 0 bridgehead atoms. The van der Waals surface area contributed by atoms with Crippen LogP contribution in [-0.4, -0.2) is 42.7 Å². The molecule has 0 spiro atoms. The number of aromatic nitrogens is 3. The van der Waals surface area contributed by atoms with E-state index in [0.29, 0.717) is 11.9 Å². The Bertz CT molecular complexity index is 894. The number of fused-ring (bicyclic) bond motifs is 1. The van der Waals surface area contributed by atoms with E-state index in [1.54, 1.807) is 6.92 Å². The third-order valence-electron chi connectivity index (χ3n) is 4.14. The van der Waals surface area contributed by atoms with Gasteiger partial charge in [-0.05, 0) is 19.1 Å². The average molecular weight is 372 g/mol. The lowest BCUT2D eigenvalue weighted by atomic mass is 10.1. The first-order valence-corrected chi connectivity index (χ1v) is 7.39. The standard InChI is InChI=1S/C15H12F4N4O3/c1-7-20-21-11-6-23(10(14(25)26)5-22(7)11)13(24)8-3-2-4-9(12(8)16)15(17,18)19/h2-4,10H,5-6H2,1H3,(H,25,26). The molecular weight excluding hydrogens is 360 g/mol. The molecule has 1 atom stereocenters. The molecule has 0 radical (unpaired) electrons. The smallest absolute Gasteiger partial charge is 0.419 e. The zero-order chi connectivity index (χ0) is 19.2. The van der Waals surface area contributed by atoms with Crippen molar-refractivity contribution in [3.63, 3.8) is 0 Å². The van der Waals surface area contributed by atoms with Crippen molar-refractivity contribution in [1.82, 2.24) is 19.7 Å². The van der Waals surface area contributed by atoms with Gasteiger partial charge in [0, 0.05) is 0 Å². The summed E-state index contributed by atoms with van der Waals surface area (Å²) >= 11 is 0. The van der Waals surface area contributed by atoms with Crippen molar-refractivity contribution >= 4 is 11.9 Å². The molecule has 26 heavy (non-hydrogen) atoms. The van der Waals surface area contributed by atoms with Gasteiger partial charge < -0.3 is 14.6 Å². The van der Waals surface area contributed by atoms with Gasteiger partial charge in [-0.3, -0.25) is 4.79 Å². The minimum Gasteiger partial charge on any atom is -0.480 e. The molecule has 1 amide bonds. The van der Waals surface area contributed by atoms with Crippen LogP contribution in [0.15, 0.2) is 18.2 Å². The first-order chi connectivity index (χ1) is 12.1. The van der Waals surface area contributed by atoms with Crippen molar-refractivity contribution in [3.8, 4) is 0 Å². The first-order valence-electron chi connectivity index (χ1n) is 7.39. The number of aryl methyl sites for hydroxylation is 1. The summed E-state index contributed by atoms with van der Waals surface area (Å²) in [4.78, 5) is 24.9. The zero-order valence-electron chi connectivity index (χ0n) is 13.3. The molecule has 0 aliphatic carbocycles. The van der Waals surface area contributed by atoms with Gasteiger partial charge in [0.2, 0.25) is 0 Å². The van der Waals surface area contributed by atoms with E-state index in [2.05, 4.69) is 10.2 Å². The predicted molar refractivity (Wildman–Crippen MR) is 77.5 cm³/mol. The van der Waals surface area contributed by atoms with E-state index in [-0.39, 0.29) is 18.9 Å². The van der Waals surface area contributed by atoms with E-state index in [1.165, 1.54) is 4.57 Å². The maximum absolute atomic E-state index is 14.3. The number of carboxylic acid groups (broad SMARTS) is 1. The summed E-state index contributed by atoms with van der Waals surface area (Å²) in [7, 11) is 0. The van der Waals surface area contributed by atoms with Gasteiger partial charge in [-0.25, -0.2) is 9.18 Å². The Balaban J connectivity index is 2.03. The molecule has 1 N–H and O–H groups in total. The molecule has 11 heteroatoms. The second kappa shape index (κ2) is 6.07. The van der Waals surface area contributed by atoms with Crippen LogP contribution in [0.3, 0.4) is 0 Å². The van der Waals surface area contributed by atoms with Crippen LogP contribution < -0.4 is 0 Å². The highest BCUT2D eigenvalue weighted by Gasteiger charge is 2.40. The Morgan fingerprint density at radius 2 is 1.96 bits per heavy atom. The minimum absolute atomic E-state index is 0.185. The largest absolute Gasteiger partial charge is 0.480 e. The third kappa shape index (κ3) is 2.89. The number of carbonyl (C=O) groups is 2. The summed E-state index contributed by atoms with van der Waals surface area (Å²) in [5, 5.41) is 17.0. The molecule has 138 valence electrons. The van der Waals surface area contributed by atoms with Crippen molar-refractivity contribution in [1.29, 1.82) is 0 Å². The molecular formula is C15H12F4N4O3. The summed E-state index contributed by atoms with van der Waals surface area (Å²) in [6.07, 6.45) is -4.98. The first kappa shape index (κ1) is 17.8. The topological polar surface area (TPSA) is 88.3 Å². The fraction of sp³-hybridized carbons (Fsp3) is 0.333. The minimum atomic E-state index is -4.98. The highest BCUT2D eigenvalue weighted by atomic mass is 19.4. The molecule has 1 aliphatic rings. The molecule has 1 aromatic carbocycles. The highest BCUT2D eigenvalue weighted by Crippen LogP contribution is 2.33. The molecule has 3 rings (SSSR count). The van der Waals surface area contributed by atoms with Crippen LogP contribution in [0.25, 0.3) is 0 Å². The number of nitrogens with zero attached hydrogens (tertiary/aromatic N) is 4. The summed E-state index contributed by atoms with van der Waals surface area (Å²) in [6, 6.07) is 0.900. The van der Waals surface area contributed by atoms with Crippen LogP contribution in [0.1, 0.15) is 27.6 Å². The summed E-state index contributed by atoms with van der Waals surface area (Å²) in [5.41, 5.74) is -2.44. The predicted octanol–water partition coefficient (Wildman–Crippen LogP) is 1.85. The van der Waals surface area contributed by atoms with Crippen molar-refractivity contribution in [2.24, 2.45) is 0 Å². The van der Waals surface area contributed by atoms with Crippen LogP contribution in [-0.2, 0) is 24.1 Å². The average Bonchev–Trinajstić information content (AvgIpc) is 2.92. The number of alkyl halides is 3. The zero-order valence-corrected chi connectivity index (χ0v) is 13.3. The fourth-order valence-corrected chi connectivity index (χ4v) is 2.81. The van der Waals surface area contributed by atoms with Gasteiger partial charge in [-0.2, -0.15) is 13.2 Å². The van der Waals surface area contributed by atoms with Crippen molar-refractivity contribution in [2.75, 3.05) is 0 Å². The van der Waals surface area contributed by atoms with Gasteiger partial charge in [0.15, 0.2) is 5.82 Å². The summed E-state index contributed by atoms with van der Waals surface area (Å²) in [6.45, 7) is 1.10. The molecule has 0 saturated heterocycles. The lowest BCUT2D eigenvalue weighted by Gasteiger charge is -2.33. The van der Waals surface area contributed by atoms with E-state index in [4.69, 9.17) is 0 Å². The normalized spacial score (nSPS) is 17.1. The number of benzene rings is 1. The SMILES string of the molecule is Cc1nnc2n1CC(C(=O)O)N(C(=O)c1cccc(C(F)(F)F)c1F)C2. The number of halogens is 4. The molecule has 1 aliphatic heterocycles. The highest BCUT2D eigenvalue weighted by molar-refractivity contribution is 5.97. The Labute approximate surface area is 143 Å². The second-order valence-electron chi connectivity index (χ2n) is 5.73. The van der Waals surface area contributed by atoms with Gasteiger partial charge in [0.25, 0.3) is 5.91 Å². The molecule has 2 aromatic rings. The lowest BCUT2D eigenvalue weighted by molar-refractivity contribution is -0.144. The van der Waals surface area contributed by atoms with E-state index in [9.17, 15) is 32.3 Å². The van der Waals surface area contributed by atoms with Crippen LogP contribution in [0.2, 0.25) is 0 Å². The van der Waals surface area contributed by atoms with E-state index >= 15 is 0 Å². The lowest BCUT2D eigenvalue weighted by Crippen LogP contribution is -2.51. The van der Waals surface area contributed by atoms with E-state index in [0.717, 1.165) is 17.0 Å². The molecule has 2 heterocycles. The summed E-state index contributed by atoms with van der Waals surface area (Å²) in [5.74, 6) is -3.57. The number of amides is 1. The number of rotatable bonds is 2. The molecule has 0 fully saturated rings. The molecule has 0 saturated carbocycles. The Hall–Kier alpha value is -2.98. The van der Waals surface area contributed by atoms with Crippen molar-refractivity contribution < 1.29 is 32.3 Å².